The van der Waals surface area contributed by atoms with E-state index in [0.29, 0.717) is 25.7 Å². The number of aliphatic hydroxyl groups is 1. The molecule has 19 heteroatoms. The molecular formula is C70H136O17P2. The summed E-state index contributed by atoms with van der Waals surface area (Å²) in [6.45, 7) is 9.51. The number of ether oxygens (including phenoxy) is 4. The van der Waals surface area contributed by atoms with Crippen molar-refractivity contribution in [3.63, 3.8) is 0 Å². The summed E-state index contributed by atoms with van der Waals surface area (Å²) in [5, 5.41) is 10.6. The first-order valence-electron chi connectivity index (χ1n) is 36.5. The summed E-state index contributed by atoms with van der Waals surface area (Å²) in [7, 11) is -9.90. The van der Waals surface area contributed by atoms with Gasteiger partial charge in [0, 0.05) is 25.7 Å². The van der Waals surface area contributed by atoms with E-state index in [1.54, 1.807) is 0 Å². The third-order valence-electron chi connectivity index (χ3n) is 16.6. The summed E-state index contributed by atoms with van der Waals surface area (Å²) < 4.78 is 68.3. The molecule has 0 aromatic heterocycles. The number of phosphoric acid groups is 2. The molecule has 89 heavy (non-hydrogen) atoms. The van der Waals surface area contributed by atoms with Gasteiger partial charge in [0.2, 0.25) is 0 Å². The molecule has 0 aliphatic carbocycles. The maximum atomic E-state index is 13.0. The van der Waals surface area contributed by atoms with Crippen LogP contribution in [0, 0.1) is 11.8 Å². The van der Waals surface area contributed by atoms with Crippen LogP contribution in [-0.4, -0.2) is 96.7 Å². The topological polar surface area (TPSA) is 237 Å². The molecule has 0 heterocycles. The van der Waals surface area contributed by atoms with E-state index in [4.69, 9.17) is 37.0 Å². The normalized spacial score (nSPS) is 14.4. The van der Waals surface area contributed by atoms with Crippen LogP contribution < -0.4 is 0 Å². The molecule has 0 rings (SSSR count). The summed E-state index contributed by atoms with van der Waals surface area (Å²) >= 11 is 0. The fourth-order valence-electron chi connectivity index (χ4n) is 10.6. The average Bonchev–Trinajstić information content (AvgIpc) is 3.71. The predicted octanol–water partition coefficient (Wildman–Crippen LogP) is 20.0. The van der Waals surface area contributed by atoms with E-state index < -0.39 is 97.5 Å². The zero-order chi connectivity index (χ0) is 65.7. The zero-order valence-electron chi connectivity index (χ0n) is 57.7. The van der Waals surface area contributed by atoms with Crippen molar-refractivity contribution in [3.05, 3.63) is 0 Å². The lowest BCUT2D eigenvalue weighted by molar-refractivity contribution is -0.161. The first-order valence-corrected chi connectivity index (χ1v) is 39.5. The minimum absolute atomic E-state index is 0.105. The van der Waals surface area contributed by atoms with Gasteiger partial charge >= 0.3 is 39.5 Å². The summed E-state index contributed by atoms with van der Waals surface area (Å²) in [6, 6.07) is 0. The van der Waals surface area contributed by atoms with Crippen LogP contribution in [0.3, 0.4) is 0 Å². The molecule has 0 saturated carbocycles. The van der Waals surface area contributed by atoms with Crippen molar-refractivity contribution in [1.29, 1.82) is 0 Å². The SMILES string of the molecule is CCCCCCCCCCCCCCCCCCC(=O)O[C@H](COC(=O)CCCCCCCCCCCC(C)C)COP(=O)(O)OC[C@@H](O)COP(=O)(O)OC[C@@H](COC(=O)CCCCCCCCCCC)OC(=O)CCCCCCCCCCC(C)CC. The van der Waals surface area contributed by atoms with Crippen LogP contribution in [0.25, 0.3) is 0 Å². The minimum Gasteiger partial charge on any atom is -0.462 e. The Morgan fingerprint density at radius 2 is 0.573 bits per heavy atom. The second kappa shape index (κ2) is 62.2. The van der Waals surface area contributed by atoms with Crippen LogP contribution in [-0.2, 0) is 65.4 Å². The molecule has 3 N–H and O–H groups in total. The first kappa shape index (κ1) is 87.1. The number of carbonyl (C=O) groups excluding carboxylic acids is 4. The Labute approximate surface area is 543 Å². The van der Waals surface area contributed by atoms with Gasteiger partial charge in [-0.1, -0.05) is 305 Å². The average molecular weight is 1310 g/mol. The molecule has 0 saturated heterocycles. The Morgan fingerprint density at radius 1 is 0.326 bits per heavy atom. The highest BCUT2D eigenvalue weighted by Gasteiger charge is 2.30. The lowest BCUT2D eigenvalue weighted by atomic mass is 9.99. The molecule has 17 nitrogen and oxygen atoms in total. The minimum atomic E-state index is -4.95. The van der Waals surface area contributed by atoms with Gasteiger partial charge < -0.3 is 33.8 Å². The second-order valence-corrected chi connectivity index (χ2v) is 28.9. The monoisotopic (exact) mass is 1310 g/mol. The van der Waals surface area contributed by atoms with Gasteiger partial charge in [0.1, 0.15) is 19.3 Å². The fourth-order valence-corrected chi connectivity index (χ4v) is 12.1. The van der Waals surface area contributed by atoms with Gasteiger partial charge in [-0.05, 0) is 37.5 Å². The molecular weight excluding hydrogens is 1170 g/mol. The molecule has 528 valence electrons. The van der Waals surface area contributed by atoms with Crippen LogP contribution in [0.2, 0.25) is 0 Å². The van der Waals surface area contributed by atoms with Crippen molar-refractivity contribution >= 4 is 39.5 Å². The maximum absolute atomic E-state index is 13.0. The van der Waals surface area contributed by atoms with Crippen LogP contribution in [0.5, 0.6) is 0 Å². The van der Waals surface area contributed by atoms with Crippen LogP contribution in [0.15, 0.2) is 0 Å². The van der Waals surface area contributed by atoms with Crippen molar-refractivity contribution in [3.8, 4) is 0 Å². The number of aliphatic hydroxyl groups excluding tert-OH is 1. The molecule has 0 bridgehead atoms. The lowest BCUT2D eigenvalue weighted by Crippen LogP contribution is -2.30. The maximum Gasteiger partial charge on any atom is 0.472 e. The van der Waals surface area contributed by atoms with E-state index in [2.05, 4.69) is 41.5 Å². The van der Waals surface area contributed by atoms with Crippen LogP contribution >= 0.6 is 15.6 Å². The molecule has 0 fully saturated rings. The Hall–Kier alpha value is -1.94. The summed E-state index contributed by atoms with van der Waals surface area (Å²) in [4.78, 5) is 72.5. The fraction of sp³-hybridized carbons (Fsp3) is 0.943. The Morgan fingerprint density at radius 3 is 0.854 bits per heavy atom. The van der Waals surface area contributed by atoms with Gasteiger partial charge in [0.25, 0.3) is 0 Å². The molecule has 3 unspecified atom stereocenters. The number of carbonyl (C=O) groups is 4. The van der Waals surface area contributed by atoms with Crippen molar-refractivity contribution in [1.82, 2.24) is 0 Å². The second-order valence-electron chi connectivity index (χ2n) is 26.0. The Balaban J connectivity index is 5.24. The predicted molar refractivity (Wildman–Crippen MR) is 358 cm³/mol. The Bertz CT molecular complexity index is 1740. The van der Waals surface area contributed by atoms with Gasteiger partial charge in [0.15, 0.2) is 12.2 Å². The molecule has 0 spiro atoms. The number of esters is 4. The van der Waals surface area contributed by atoms with E-state index in [9.17, 15) is 43.2 Å². The van der Waals surface area contributed by atoms with E-state index in [1.165, 1.54) is 173 Å². The third kappa shape index (κ3) is 63.2. The zero-order valence-corrected chi connectivity index (χ0v) is 59.5. The Kier molecular flexibility index (Phi) is 60.8. The van der Waals surface area contributed by atoms with Gasteiger partial charge in [-0.2, -0.15) is 0 Å². The van der Waals surface area contributed by atoms with Crippen molar-refractivity contribution in [2.24, 2.45) is 11.8 Å². The number of phosphoric ester groups is 2. The van der Waals surface area contributed by atoms with Gasteiger partial charge in [0.05, 0.1) is 26.4 Å². The standard InChI is InChI=1S/C70H136O17P2/c1-7-10-12-14-16-18-19-20-21-22-23-24-28-36-42-48-54-69(74)86-65(59-81-68(73)53-47-41-35-29-25-27-32-38-44-50-62(4)5)60-84-88(76,77)82-56-64(71)57-83-89(78,79)85-61-66(58-80-67(72)52-46-40-34-26-17-15-13-11-8-2)87-70(75)55-49-43-37-31-30-33-39-45-51-63(6)9-3/h62-66,71H,7-61H2,1-6H3,(H,76,77)(H,78,79)/t63?,64-,65-,66-/m1/s1. The largest absolute Gasteiger partial charge is 0.472 e. The smallest absolute Gasteiger partial charge is 0.462 e. The number of rotatable bonds is 69. The highest BCUT2D eigenvalue weighted by molar-refractivity contribution is 7.47. The van der Waals surface area contributed by atoms with E-state index in [-0.39, 0.29) is 25.7 Å². The van der Waals surface area contributed by atoms with Crippen LogP contribution in [0.1, 0.15) is 356 Å². The molecule has 0 aliphatic rings. The quantitative estimate of drug-likeness (QED) is 0.0222. The molecule has 0 aromatic carbocycles. The van der Waals surface area contributed by atoms with Gasteiger partial charge in [-0.15, -0.1) is 0 Å². The summed E-state index contributed by atoms with van der Waals surface area (Å²) in [5.41, 5.74) is 0. The number of unbranched alkanes of at least 4 members (excludes halogenated alkanes) is 38. The van der Waals surface area contributed by atoms with Crippen LogP contribution in [0.4, 0.5) is 0 Å². The van der Waals surface area contributed by atoms with Gasteiger partial charge in [-0.25, -0.2) is 9.13 Å². The summed E-state index contributed by atoms with van der Waals surface area (Å²) in [5.74, 6) is -0.612. The van der Waals surface area contributed by atoms with E-state index in [0.717, 1.165) is 102 Å². The van der Waals surface area contributed by atoms with Crippen molar-refractivity contribution < 1.29 is 80.2 Å². The lowest BCUT2D eigenvalue weighted by Gasteiger charge is -2.21. The van der Waals surface area contributed by atoms with E-state index in [1.807, 2.05) is 0 Å². The molecule has 6 atom stereocenters. The number of hydrogen-bond donors (Lipinski definition) is 3. The summed E-state index contributed by atoms with van der Waals surface area (Å²) in [6.07, 6.45) is 47.1. The molecule has 0 amide bonds. The van der Waals surface area contributed by atoms with Crippen molar-refractivity contribution in [2.45, 2.75) is 374 Å². The molecule has 0 radical (unpaired) electrons. The number of hydrogen-bond acceptors (Lipinski definition) is 15. The molecule has 0 aliphatic heterocycles. The highest BCUT2D eigenvalue weighted by atomic mass is 31.2. The highest BCUT2D eigenvalue weighted by Crippen LogP contribution is 2.45. The molecule has 0 aromatic rings. The van der Waals surface area contributed by atoms with Crippen molar-refractivity contribution in [2.75, 3.05) is 39.6 Å². The first-order chi connectivity index (χ1) is 42.9. The van der Waals surface area contributed by atoms with Gasteiger partial charge in [-0.3, -0.25) is 37.3 Å². The third-order valence-corrected chi connectivity index (χ3v) is 18.5. The van der Waals surface area contributed by atoms with E-state index >= 15 is 0 Å².